The van der Waals surface area contributed by atoms with Crippen LogP contribution in [-0.4, -0.2) is 0 Å². The van der Waals surface area contributed by atoms with Gasteiger partial charge in [0.1, 0.15) is 0 Å². The van der Waals surface area contributed by atoms with E-state index in [0.717, 1.165) is 0 Å². The minimum atomic E-state index is 0.224. The van der Waals surface area contributed by atoms with Crippen molar-refractivity contribution in [2.75, 3.05) is 0 Å². The largest absolute Gasteiger partial charge is 0.0654 e. The van der Waals surface area contributed by atoms with Gasteiger partial charge in [0.15, 0.2) is 0 Å². The molecule has 0 heterocycles. The van der Waals surface area contributed by atoms with Gasteiger partial charge in [-0.05, 0) is 40.4 Å². The summed E-state index contributed by atoms with van der Waals surface area (Å²) in [7, 11) is 0. The highest BCUT2D eigenvalue weighted by Crippen LogP contribution is 2.34. The number of rotatable bonds is 5. The second kappa shape index (κ2) is 6.78. The molecule has 0 amide bonds. The molecular formula is C20H34. The van der Waals surface area contributed by atoms with Crippen LogP contribution in [-0.2, 0) is 17.3 Å². The molecule has 0 aliphatic rings. The number of aryl methyl sites for hydroxylation is 1. The molecule has 0 fully saturated rings. The van der Waals surface area contributed by atoms with E-state index >= 15 is 0 Å². The van der Waals surface area contributed by atoms with Crippen molar-refractivity contribution >= 4 is 0 Å². The molecule has 0 spiro atoms. The van der Waals surface area contributed by atoms with Crippen molar-refractivity contribution in [3.63, 3.8) is 0 Å². The molecular weight excluding hydrogens is 240 g/mol. The molecule has 0 bridgehead atoms. The van der Waals surface area contributed by atoms with E-state index in [4.69, 9.17) is 0 Å². The van der Waals surface area contributed by atoms with E-state index in [1.165, 1.54) is 48.8 Å². The Morgan fingerprint density at radius 3 is 1.85 bits per heavy atom. The smallest absolute Gasteiger partial charge is 0.0129 e. The summed E-state index contributed by atoms with van der Waals surface area (Å²) in [6, 6.07) is 7.18. The minimum Gasteiger partial charge on any atom is -0.0654 e. The molecule has 114 valence electrons. The van der Waals surface area contributed by atoms with Crippen LogP contribution in [0.25, 0.3) is 0 Å². The minimum absolute atomic E-state index is 0.224. The third kappa shape index (κ3) is 4.96. The van der Waals surface area contributed by atoms with Gasteiger partial charge in [0.2, 0.25) is 0 Å². The van der Waals surface area contributed by atoms with Crippen LogP contribution in [0.2, 0.25) is 0 Å². The van der Waals surface area contributed by atoms with Gasteiger partial charge in [-0.3, -0.25) is 0 Å². The first-order valence-electron chi connectivity index (χ1n) is 8.30. The lowest BCUT2D eigenvalue weighted by Gasteiger charge is -2.30. The van der Waals surface area contributed by atoms with Crippen LogP contribution >= 0.6 is 0 Å². The van der Waals surface area contributed by atoms with E-state index in [0.29, 0.717) is 0 Å². The van der Waals surface area contributed by atoms with Crippen LogP contribution in [0.1, 0.15) is 90.8 Å². The van der Waals surface area contributed by atoms with Gasteiger partial charge in [0, 0.05) is 0 Å². The summed E-state index contributed by atoms with van der Waals surface area (Å²) < 4.78 is 0. The third-order valence-electron chi connectivity index (χ3n) is 4.02. The molecule has 0 N–H and O–H groups in total. The average Bonchev–Trinajstić information content (AvgIpc) is 2.32. The van der Waals surface area contributed by atoms with Crippen LogP contribution in [0.3, 0.4) is 0 Å². The quantitative estimate of drug-likeness (QED) is 0.545. The predicted octanol–water partition coefficient (Wildman–Crippen LogP) is 6.40. The lowest BCUT2D eigenvalue weighted by Crippen LogP contribution is -2.22. The Bertz CT molecular complexity index is 413. The van der Waals surface area contributed by atoms with Crippen molar-refractivity contribution in [1.29, 1.82) is 0 Å². The molecule has 1 rings (SSSR count). The number of hydrogen-bond acceptors (Lipinski definition) is 0. The average molecular weight is 274 g/mol. The second-order valence-electron chi connectivity index (χ2n) is 8.19. The van der Waals surface area contributed by atoms with E-state index in [2.05, 4.69) is 66.7 Å². The summed E-state index contributed by atoms with van der Waals surface area (Å²) in [5, 5.41) is 0. The van der Waals surface area contributed by atoms with Gasteiger partial charge in [-0.2, -0.15) is 0 Å². The summed E-state index contributed by atoms with van der Waals surface area (Å²) in [5.41, 5.74) is 4.99. The van der Waals surface area contributed by atoms with Crippen molar-refractivity contribution in [3.8, 4) is 0 Å². The van der Waals surface area contributed by atoms with E-state index in [1.54, 1.807) is 0 Å². The summed E-state index contributed by atoms with van der Waals surface area (Å²) >= 11 is 0. The van der Waals surface area contributed by atoms with Gasteiger partial charge < -0.3 is 0 Å². The van der Waals surface area contributed by atoms with Crippen molar-refractivity contribution < 1.29 is 0 Å². The molecule has 1 aromatic rings. The normalized spacial score (nSPS) is 12.8. The standard InChI is InChI=1S/C20H34/c1-8-9-10-11-12-16-13-14-17(19(2,3)4)18(15-16)20(5,6)7/h13-15H,8-12H2,1-7H3. The zero-order valence-corrected chi connectivity index (χ0v) is 14.8. The summed E-state index contributed by atoms with van der Waals surface area (Å²) in [4.78, 5) is 0. The van der Waals surface area contributed by atoms with Crippen LogP contribution in [0.4, 0.5) is 0 Å². The van der Waals surface area contributed by atoms with E-state index in [1.807, 2.05) is 0 Å². The molecule has 0 saturated heterocycles. The highest BCUT2D eigenvalue weighted by atomic mass is 14.3. The maximum atomic E-state index is 2.46. The fraction of sp³-hybridized carbons (Fsp3) is 0.700. The molecule has 1 aromatic carbocycles. The van der Waals surface area contributed by atoms with Crippen LogP contribution in [0, 0.1) is 0 Å². The lowest BCUT2D eigenvalue weighted by atomic mass is 9.74. The van der Waals surface area contributed by atoms with Gasteiger partial charge in [-0.15, -0.1) is 0 Å². The van der Waals surface area contributed by atoms with Gasteiger partial charge in [0.05, 0.1) is 0 Å². The third-order valence-corrected chi connectivity index (χ3v) is 4.02. The zero-order chi connectivity index (χ0) is 15.4. The van der Waals surface area contributed by atoms with Crippen LogP contribution in [0.15, 0.2) is 18.2 Å². The van der Waals surface area contributed by atoms with Crippen molar-refractivity contribution in [2.24, 2.45) is 0 Å². The first-order chi connectivity index (χ1) is 9.16. The number of hydrogen-bond donors (Lipinski definition) is 0. The van der Waals surface area contributed by atoms with Gasteiger partial charge in [-0.25, -0.2) is 0 Å². The molecule has 0 aromatic heterocycles. The zero-order valence-electron chi connectivity index (χ0n) is 14.8. The molecule has 0 radical (unpaired) electrons. The van der Waals surface area contributed by atoms with E-state index in [9.17, 15) is 0 Å². The van der Waals surface area contributed by atoms with E-state index < -0.39 is 0 Å². The molecule has 0 heteroatoms. The summed E-state index contributed by atoms with van der Waals surface area (Å²) in [6.07, 6.45) is 6.60. The Kier molecular flexibility index (Phi) is 5.86. The molecule has 0 aliphatic carbocycles. The van der Waals surface area contributed by atoms with Gasteiger partial charge in [0.25, 0.3) is 0 Å². The Balaban J connectivity index is 2.97. The first-order valence-corrected chi connectivity index (χ1v) is 8.30. The van der Waals surface area contributed by atoms with Gasteiger partial charge in [-0.1, -0.05) is 85.9 Å². The highest BCUT2D eigenvalue weighted by Gasteiger charge is 2.24. The Hall–Kier alpha value is -0.780. The summed E-state index contributed by atoms with van der Waals surface area (Å²) in [5.74, 6) is 0. The highest BCUT2D eigenvalue weighted by molar-refractivity contribution is 5.40. The van der Waals surface area contributed by atoms with Crippen LogP contribution in [0.5, 0.6) is 0 Å². The Morgan fingerprint density at radius 2 is 1.35 bits per heavy atom. The van der Waals surface area contributed by atoms with Gasteiger partial charge >= 0.3 is 0 Å². The molecule has 20 heavy (non-hydrogen) atoms. The Labute approximate surface area is 127 Å². The van der Waals surface area contributed by atoms with Crippen LogP contribution < -0.4 is 0 Å². The monoisotopic (exact) mass is 274 g/mol. The maximum absolute atomic E-state index is 2.46. The van der Waals surface area contributed by atoms with Crippen molar-refractivity contribution in [1.82, 2.24) is 0 Å². The maximum Gasteiger partial charge on any atom is -0.0129 e. The Morgan fingerprint density at radius 1 is 0.750 bits per heavy atom. The molecule has 0 saturated carbocycles. The fourth-order valence-electron chi connectivity index (χ4n) is 2.78. The lowest BCUT2D eigenvalue weighted by molar-refractivity contribution is 0.529. The molecule has 0 atom stereocenters. The topological polar surface area (TPSA) is 0 Å². The molecule has 0 nitrogen and oxygen atoms in total. The fourth-order valence-corrected chi connectivity index (χ4v) is 2.78. The van der Waals surface area contributed by atoms with Crippen molar-refractivity contribution in [2.45, 2.75) is 91.4 Å². The second-order valence-corrected chi connectivity index (χ2v) is 8.19. The number of unbranched alkanes of at least 4 members (excludes halogenated alkanes) is 3. The number of benzene rings is 1. The molecule has 0 aliphatic heterocycles. The van der Waals surface area contributed by atoms with E-state index in [-0.39, 0.29) is 10.8 Å². The summed E-state index contributed by atoms with van der Waals surface area (Å²) in [6.45, 7) is 16.2. The van der Waals surface area contributed by atoms with Crippen molar-refractivity contribution in [3.05, 3.63) is 34.9 Å². The molecule has 0 unspecified atom stereocenters. The predicted molar refractivity (Wildman–Crippen MR) is 91.7 cm³/mol. The SMILES string of the molecule is CCCCCCc1ccc(C(C)(C)C)c(C(C)(C)C)c1. The first kappa shape index (κ1) is 17.3.